The van der Waals surface area contributed by atoms with E-state index in [0.717, 1.165) is 15.6 Å². The van der Waals surface area contributed by atoms with Crippen LogP contribution in [0.2, 0.25) is 5.15 Å². The molecule has 2 aromatic heterocycles. The lowest BCUT2D eigenvalue weighted by Gasteiger charge is -1.95. The molecule has 0 atom stereocenters. The molecule has 0 bridgehead atoms. The van der Waals surface area contributed by atoms with Crippen LogP contribution in [0.15, 0.2) is 11.6 Å². The Balaban J connectivity index is 2.97. The maximum Gasteiger partial charge on any atom is 0.138 e. The lowest BCUT2D eigenvalue weighted by Crippen LogP contribution is -1.81. The van der Waals surface area contributed by atoms with Crippen LogP contribution in [0.4, 0.5) is 0 Å². The Morgan fingerprint density at radius 2 is 2.38 bits per heavy atom. The van der Waals surface area contributed by atoms with Crippen LogP contribution in [0.3, 0.4) is 0 Å². The summed E-state index contributed by atoms with van der Waals surface area (Å²) < 4.78 is 0.931. The molecule has 0 aliphatic rings. The van der Waals surface area contributed by atoms with Gasteiger partial charge in [0.1, 0.15) is 11.2 Å². The SMILES string of the molecule is Cc1csc2c(C#N)cnc(Cl)c12. The average Bonchev–Trinajstić information content (AvgIpc) is 2.50. The van der Waals surface area contributed by atoms with E-state index in [4.69, 9.17) is 16.9 Å². The predicted octanol–water partition coefficient (Wildman–Crippen LogP) is 3.13. The molecule has 0 aliphatic carbocycles. The highest BCUT2D eigenvalue weighted by atomic mass is 35.5. The van der Waals surface area contributed by atoms with Gasteiger partial charge in [-0.1, -0.05) is 11.6 Å². The summed E-state index contributed by atoms with van der Waals surface area (Å²) in [7, 11) is 0. The van der Waals surface area contributed by atoms with Gasteiger partial charge < -0.3 is 0 Å². The molecule has 13 heavy (non-hydrogen) atoms. The molecule has 2 rings (SSSR count). The molecule has 0 spiro atoms. The number of pyridine rings is 1. The highest BCUT2D eigenvalue weighted by molar-refractivity contribution is 7.17. The van der Waals surface area contributed by atoms with Gasteiger partial charge in [0.25, 0.3) is 0 Å². The highest BCUT2D eigenvalue weighted by Gasteiger charge is 2.09. The summed E-state index contributed by atoms with van der Waals surface area (Å²) in [6, 6.07) is 2.10. The zero-order valence-corrected chi connectivity index (χ0v) is 8.41. The van der Waals surface area contributed by atoms with Crippen molar-refractivity contribution < 1.29 is 0 Å². The monoisotopic (exact) mass is 208 g/mol. The molecule has 0 saturated heterocycles. The number of fused-ring (bicyclic) bond motifs is 1. The Hall–Kier alpha value is -1.11. The second-order valence-electron chi connectivity index (χ2n) is 2.70. The molecule has 0 unspecified atom stereocenters. The second kappa shape index (κ2) is 2.99. The number of aryl methyl sites for hydroxylation is 1. The number of halogens is 1. The van der Waals surface area contributed by atoms with E-state index in [9.17, 15) is 0 Å². The van der Waals surface area contributed by atoms with Gasteiger partial charge >= 0.3 is 0 Å². The Morgan fingerprint density at radius 3 is 3.08 bits per heavy atom. The molecule has 2 aromatic rings. The number of nitriles is 1. The minimum absolute atomic E-state index is 0.479. The molecule has 0 fully saturated rings. The molecule has 0 amide bonds. The smallest absolute Gasteiger partial charge is 0.138 e. The molecule has 0 N–H and O–H groups in total. The largest absolute Gasteiger partial charge is 0.242 e. The summed E-state index contributed by atoms with van der Waals surface area (Å²) in [6.07, 6.45) is 1.51. The summed E-state index contributed by atoms with van der Waals surface area (Å²) >= 11 is 7.45. The second-order valence-corrected chi connectivity index (χ2v) is 3.93. The van der Waals surface area contributed by atoms with Crippen LogP contribution >= 0.6 is 22.9 Å². The standard InChI is InChI=1S/C9H5ClN2S/c1-5-4-13-8-6(2-11)3-12-9(10)7(5)8/h3-4H,1H3. The number of thiophene rings is 1. The quantitative estimate of drug-likeness (QED) is 0.624. The summed E-state index contributed by atoms with van der Waals surface area (Å²) in [5.74, 6) is 0. The summed E-state index contributed by atoms with van der Waals surface area (Å²) in [6.45, 7) is 1.97. The topological polar surface area (TPSA) is 36.7 Å². The lowest BCUT2D eigenvalue weighted by atomic mass is 10.2. The van der Waals surface area contributed by atoms with E-state index in [-0.39, 0.29) is 0 Å². The van der Waals surface area contributed by atoms with Gasteiger partial charge in [0.15, 0.2) is 0 Å². The van der Waals surface area contributed by atoms with Crippen LogP contribution < -0.4 is 0 Å². The van der Waals surface area contributed by atoms with E-state index in [0.29, 0.717) is 10.7 Å². The zero-order valence-electron chi connectivity index (χ0n) is 6.84. The fourth-order valence-corrected chi connectivity index (χ4v) is 2.58. The summed E-state index contributed by atoms with van der Waals surface area (Å²) in [5, 5.41) is 12.2. The van der Waals surface area contributed by atoms with Gasteiger partial charge in [-0.15, -0.1) is 11.3 Å². The Bertz CT molecular complexity index is 510. The van der Waals surface area contributed by atoms with Gasteiger partial charge in [-0.3, -0.25) is 0 Å². The van der Waals surface area contributed by atoms with Crippen LogP contribution in [0.25, 0.3) is 10.1 Å². The van der Waals surface area contributed by atoms with Crippen molar-refractivity contribution in [2.24, 2.45) is 0 Å². The van der Waals surface area contributed by atoms with Crippen LogP contribution in [-0.4, -0.2) is 4.98 Å². The van der Waals surface area contributed by atoms with Gasteiger partial charge in [-0.2, -0.15) is 5.26 Å². The predicted molar refractivity (Wildman–Crippen MR) is 54.1 cm³/mol. The van der Waals surface area contributed by atoms with Gasteiger partial charge in [0.05, 0.1) is 10.3 Å². The molecule has 0 aromatic carbocycles. The van der Waals surface area contributed by atoms with Crippen LogP contribution in [0.5, 0.6) is 0 Å². The molecule has 2 heterocycles. The van der Waals surface area contributed by atoms with Crippen molar-refractivity contribution in [2.75, 3.05) is 0 Å². The molecule has 4 heteroatoms. The Morgan fingerprint density at radius 1 is 1.62 bits per heavy atom. The fourth-order valence-electron chi connectivity index (χ4n) is 1.22. The molecule has 0 aliphatic heterocycles. The maximum absolute atomic E-state index is 8.81. The number of hydrogen-bond donors (Lipinski definition) is 0. The van der Waals surface area contributed by atoms with E-state index in [1.165, 1.54) is 17.5 Å². The summed E-state index contributed by atoms with van der Waals surface area (Å²) in [5.41, 5.74) is 1.67. The van der Waals surface area contributed by atoms with Gasteiger partial charge in [0.2, 0.25) is 0 Å². The van der Waals surface area contributed by atoms with Crippen LogP contribution in [0, 0.1) is 18.3 Å². The molecule has 0 saturated carbocycles. The number of hydrogen-bond acceptors (Lipinski definition) is 3. The third-order valence-corrected chi connectivity index (χ3v) is 3.27. The van der Waals surface area contributed by atoms with Crippen molar-refractivity contribution >= 4 is 33.0 Å². The van der Waals surface area contributed by atoms with Crippen molar-refractivity contribution in [3.05, 3.63) is 27.9 Å². The maximum atomic E-state index is 8.81. The zero-order chi connectivity index (χ0) is 9.42. The molecular weight excluding hydrogens is 204 g/mol. The van der Waals surface area contributed by atoms with Gasteiger partial charge in [-0.25, -0.2) is 4.98 Å². The minimum atomic E-state index is 0.479. The van der Waals surface area contributed by atoms with E-state index < -0.39 is 0 Å². The molecule has 2 nitrogen and oxygen atoms in total. The van der Waals surface area contributed by atoms with Crippen molar-refractivity contribution in [2.45, 2.75) is 6.92 Å². The Labute approximate surface area is 84.4 Å². The third-order valence-electron chi connectivity index (χ3n) is 1.85. The highest BCUT2D eigenvalue weighted by Crippen LogP contribution is 2.32. The van der Waals surface area contributed by atoms with E-state index in [2.05, 4.69) is 11.1 Å². The molecule has 64 valence electrons. The first-order valence-corrected chi connectivity index (χ1v) is 4.92. The van der Waals surface area contributed by atoms with E-state index in [1.54, 1.807) is 0 Å². The lowest BCUT2D eigenvalue weighted by molar-refractivity contribution is 1.34. The normalized spacial score (nSPS) is 10.2. The Kier molecular flexibility index (Phi) is 1.95. The minimum Gasteiger partial charge on any atom is -0.242 e. The first-order valence-electron chi connectivity index (χ1n) is 3.66. The van der Waals surface area contributed by atoms with Crippen molar-refractivity contribution in [3.63, 3.8) is 0 Å². The number of aromatic nitrogens is 1. The number of nitrogens with zero attached hydrogens (tertiary/aromatic N) is 2. The van der Waals surface area contributed by atoms with E-state index in [1.807, 2.05) is 12.3 Å². The summed E-state index contributed by atoms with van der Waals surface area (Å²) in [4.78, 5) is 3.96. The third kappa shape index (κ3) is 1.19. The van der Waals surface area contributed by atoms with Gasteiger partial charge in [-0.05, 0) is 17.9 Å². The van der Waals surface area contributed by atoms with Crippen LogP contribution in [0.1, 0.15) is 11.1 Å². The fraction of sp³-hybridized carbons (Fsp3) is 0.111. The average molecular weight is 209 g/mol. The molecular formula is C9H5ClN2S. The van der Waals surface area contributed by atoms with Crippen molar-refractivity contribution in [1.29, 1.82) is 5.26 Å². The van der Waals surface area contributed by atoms with Crippen LogP contribution in [-0.2, 0) is 0 Å². The first kappa shape index (κ1) is 8.49. The van der Waals surface area contributed by atoms with Crippen molar-refractivity contribution in [1.82, 2.24) is 4.98 Å². The number of rotatable bonds is 0. The van der Waals surface area contributed by atoms with E-state index >= 15 is 0 Å². The van der Waals surface area contributed by atoms with Gasteiger partial charge in [0, 0.05) is 11.6 Å². The molecule has 0 radical (unpaired) electrons. The van der Waals surface area contributed by atoms with Crippen molar-refractivity contribution in [3.8, 4) is 6.07 Å². The first-order chi connectivity index (χ1) is 6.24.